The summed E-state index contributed by atoms with van der Waals surface area (Å²) in [7, 11) is 0. The highest BCUT2D eigenvalue weighted by atomic mass is 27.1. The fourth-order valence-corrected chi connectivity index (χ4v) is 3.15. The van der Waals surface area contributed by atoms with Crippen LogP contribution >= 0.6 is 0 Å². The minimum absolute atomic E-state index is 0.423. The highest BCUT2D eigenvalue weighted by molar-refractivity contribution is 6.26. The molecule has 3 heteroatoms. The maximum Gasteiger partial charge on any atom is 0.688 e. The Morgan fingerprint density at radius 2 is 2.33 bits per heavy atom. The number of nitrogens with zero attached hydrogens (tertiary/aromatic N) is 1. The lowest BCUT2D eigenvalue weighted by molar-refractivity contribution is 0.457. The molecule has 1 aliphatic carbocycles. The van der Waals surface area contributed by atoms with E-state index in [-0.39, 0.29) is 0 Å². The Balaban J connectivity index is 2.15. The van der Waals surface area contributed by atoms with Crippen molar-refractivity contribution in [1.29, 1.82) is 0 Å². The largest absolute Gasteiger partial charge is 0.688 e. The zero-order chi connectivity index (χ0) is 7.97. The van der Waals surface area contributed by atoms with E-state index in [0.29, 0.717) is 6.04 Å². The van der Waals surface area contributed by atoms with Crippen LogP contribution in [0.4, 0.5) is 0 Å². The molecule has 58 valence electrons. The molecular weight excluding hydrogens is 165 g/mol. The molecule has 12 heavy (non-hydrogen) atoms. The van der Waals surface area contributed by atoms with Crippen molar-refractivity contribution in [2.24, 2.45) is 0 Å². The van der Waals surface area contributed by atoms with E-state index < -0.39 is 15.8 Å². The van der Waals surface area contributed by atoms with E-state index in [4.69, 9.17) is 3.79 Å². The summed E-state index contributed by atoms with van der Waals surface area (Å²) in [5.41, 5.74) is 1.36. The van der Waals surface area contributed by atoms with E-state index >= 15 is 0 Å². The molecule has 1 fully saturated rings. The van der Waals surface area contributed by atoms with Gasteiger partial charge in [0.05, 0.1) is 11.8 Å². The van der Waals surface area contributed by atoms with Gasteiger partial charge in [-0.2, -0.15) is 0 Å². The quantitative estimate of drug-likeness (QED) is 0.504. The molecule has 1 saturated heterocycles. The first kappa shape index (κ1) is 6.59. The smallest absolute Gasteiger partial charge is 0.630 e. The molecule has 0 amide bonds. The molecule has 3 rings (SSSR count). The van der Waals surface area contributed by atoms with Crippen LogP contribution in [-0.2, 0) is 3.79 Å². The zero-order valence-corrected chi connectivity index (χ0v) is 8.02. The van der Waals surface area contributed by atoms with Crippen LogP contribution in [-0.4, -0.2) is 25.7 Å². The molecule has 1 unspecified atom stereocenters. The molecule has 0 aromatic heterocycles. The molecule has 3 aliphatic rings. The van der Waals surface area contributed by atoms with Gasteiger partial charge in [-0.25, -0.2) is 0 Å². The molecule has 0 radical (unpaired) electrons. The molecule has 2 heterocycles. The van der Waals surface area contributed by atoms with Crippen molar-refractivity contribution >= 4 is 15.8 Å². The van der Waals surface area contributed by atoms with E-state index in [9.17, 15) is 0 Å². The Hall–Kier alpha value is -0.908. The first-order valence-corrected chi connectivity index (χ1v) is 5.31. The maximum absolute atomic E-state index is 5.65. The third-order valence-electron chi connectivity index (χ3n) is 2.41. The normalized spacial score (nSPS) is 28.7. The SMILES string of the molecule is C1=CC2=CC=C[N]3[AlH][O]C(=C1)C23. The molecule has 0 bridgehead atoms. The molecule has 2 nitrogen and oxygen atoms in total. The predicted molar refractivity (Wildman–Crippen MR) is 48.3 cm³/mol. The first-order chi connectivity index (χ1) is 5.95. The fraction of sp³-hybridized carbons (Fsp3) is 0.111. The number of hydrogen-bond donors (Lipinski definition) is 0. The lowest BCUT2D eigenvalue weighted by Crippen LogP contribution is -2.30. The highest BCUT2D eigenvalue weighted by Gasteiger charge is 2.35. The third kappa shape index (κ3) is 0.755. The summed E-state index contributed by atoms with van der Waals surface area (Å²) in [4.78, 5) is 0. The Kier molecular flexibility index (Phi) is 1.26. The minimum Gasteiger partial charge on any atom is -0.630 e. The van der Waals surface area contributed by atoms with Crippen LogP contribution in [0.25, 0.3) is 0 Å². The van der Waals surface area contributed by atoms with Gasteiger partial charge < -0.3 is 7.67 Å². The molecule has 0 aromatic rings. The van der Waals surface area contributed by atoms with Crippen molar-refractivity contribution in [2.75, 3.05) is 0 Å². The van der Waals surface area contributed by atoms with Gasteiger partial charge >= 0.3 is 15.8 Å². The van der Waals surface area contributed by atoms with Crippen LogP contribution in [0.1, 0.15) is 0 Å². The summed E-state index contributed by atoms with van der Waals surface area (Å²) in [6.07, 6.45) is 12.7. The molecule has 2 aliphatic heterocycles. The van der Waals surface area contributed by atoms with Crippen LogP contribution < -0.4 is 0 Å². The second-order valence-electron chi connectivity index (χ2n) is 3.13. The molecule has 0 N–H and O–H groups in total. The molecule has 0 saturated carbocycles. The van der Waals surface area contributed by atoms with E-state index in [1.807, 2.05) is 0 Å². The van der Waals surface area contributed by atoms with Crippen molar-refractivity contribution in [1.82, 2.24) is 3.88 Å². The van der Waals surface area contributed by atoms with Gasteiger partial charge in [0, 0.05) is 0 Å². The minimum atomic E-state index is -0.503. The van der Waals surface area contributed by atoms with Gasteiger partial charge in [0.25, 0.3) is 0 Å². The summed E-state index contributed by atoms with van der Waals surface area (Å²) in [6.45, 7) is 0. The predicted octanol–water partition coefficient (Wildman–Crippen LogP) is 0.861. The lowest BCUT2D eigenvalue weighted by atomic mass is 9.98. The van der Waals surface area contributed by atoms with E-state index in [2.05, 4.69) is 40.5 Å². The van der Waals surface area contributed by atoms with Gasteiger partial charge in [-0.3, -0.25) is 0 Å². The van der Waals surface area contributed by atoms with E-state index in [0.717, 1.165) is 5.76 Å². The van der Waals surface area contributed by atoms with Crippen molar-refractivity contribution < 1.29 is 3.79 Å². The van der Waals surface area contributed by atoms with Crippen LogP contribution in [0.3, 0.4) is 0 Å². The van der Waals surface area contributed by atoms with Crippen molar-refractivity contribution in [2.45, 2.75) is 6.04 Å². The van der Waals surface area contributed by atoms with E-state index in [1.165, 1.54) is 5.57 Å². The summed E-state index contributed by atoms with van der Waals surface area (Å²) in [6, 6.07) is 0.423. The summed E-state index contributed by atoms with van der Waals surface area (Å²) >= 11 is -0.503. The fourth-order valence-electron chi connectivity index (χ4n) is 1.85. The van der Waals surface area contributed by atoms with Crippen LogP contribution in [0.2, 0.25) is 0 Å². The second kappa shape index (κ2) is 2.29. The van der Waals surface area contributed by atoms with Crippen molar-refractivity contribution in [3.05, 3.63) is 47.9 Å². The van der Waals surface area contributed by atoms with Gasteiger partial charge in [0.15, 0.2) is 0 Å². The van der Waals surface area contributed by atoms with Gasteiger partial charge in [-0.05, 0) is 23.9 Å². The number of hydrogen-bond acceptors (Lipinski definition) is 2. The highest BCUT2D eigenvalue weighted by Crippen LogP contribution is 2.31. The molecule has 0 aromatic carbocycles. The maximum atomic E-state index is 5.65. The Morgan fingerprint density at radius 3 is 3.33 bits per heavy atom. The second-order valence-corrected chi connectivity index (χ2v) is 4.40. The Bertz CT molecular complexity index is 340. The van der Waals surface area contributed by atoms with Gasteiger partial charge in [-0.1, -0.05) is 18.2 Å². The summed E-state index contributed by atoms with van der Waals surface area (Å²) in [5.74, 6) is 1.14. The topological polar surface area (TPSA) is 12.5 Å². The standard InChI is InChI=1S/C9H8NO.Al.H/c11-8-5-1-3-7-4-2-6-10-9(7)8;;/h1-6,9,11H;;/q-1;+2;/p-1. The lowest BCUT2D eigenvalue weighted by Gasteiger charge is -2.27. The first-order valence-electron chi connectivity index (χ1n) is 4.10. The Labute approximate surface area is 77.8 Å². The molecular formula is C9H8AlNO. The number of allylic oxidation sites excluding steroid dienone is 4. The van der Waals surface area contributed by atoms with E-state index in [1.54, 1.807) is 0 Å². The number of rotatable bonds is 0. The average Bonchev–Trinajstić information content (AvgIpc) is 2.52. The molecule has 0 spiro atoms. The summed E-state index contributed by atoms with van der Waals surface area (Å²) < 4.78 is 7.99. The van der Waals surface area contributed by atoms with Crippen LogP contribution in [0.15, 0.2) is 47.9 Å². The monoisotopic (exact) mass is 173 g/mol. The van der Waals surface area contributed by atoms with Crippen molar-refractivity contribution in [3.63, 3.8) is 0 Å². The third-order valence-corrected chi connectivity index (χ3v) is 3.75. The van der Waals surface area contributed by atoms with Crippen LogP contribution in [0.5, 0.6) is 0 Å². The van der Waals surface area contributed by atoms with Gasteiger partial charge in [0.2, 0.25) is 0 Å². The Morgan fingerprint density at radius 1 is 1.33 bits per heavy atom. The summed E-state index contributed by atoms with van der Waals surface area (Å²) in [5, 5.41) is 0. The van der Waals surface area contributed by atoms with Crippen molar-refractivity contribution in [3.8, 4) is 0 Å². The molecule has 1 atom stereocenters. The zero-order valence-electron chi connectivity index (χ0n) is 6.60. The average molecular weight is 173 g/mol. The van der Waals surface area contributed by atoms with Crippen LogP contribution in [0, 0.1) is 0 Å². The van der Waals surface area contributed by atoms with Gasteiger partial charge in [0.1, 0.15) is 0 Å². The van der Waals surface area contributed by atoms with Gasteiger partial charge in [-0.15, -0.1) is 0 Å².